The van der Waals surface area contributed by atoms with E-state index in [-0.39, 0.29) is 33.4 Å². The molecule has 1 unspecified atom stereocenters. The number of alkyl halides is 3. The first-order chi connectivity index (χ1) is 20.2. The summed E-state index contributed by atoms with van der Waals surface area (Å²) in [4.78, 5) is 9.85. The molecule has 1 aliphatic carbocycles. The van der Waals surface area contributed by atoms with Crippen LogP contribution in [0.25, 0.3) is 0 Å². The van der Waals surface area contributed by atoms with Crippen molar-refractivity contribution in [2.75, 3.05) is 32.7 Å². The maximum atomic E-state index is 13.5. The highest BCUT2D eigenvalue weighted by Gasteiger charge is 2.54. The number of pyridine rings is 2. The molecule has 6 rings (SSSR count). The van der Waals surface area contributed by atoms with E-state index in [4.69, 9.17) is 23.4 Å². The van der Waals surface area contributed by atoms with Crippen molar-refractivity contribution in [2.45, 2.75) is 108 Å². The maximum absolute atomic E-state index is 13.5. The van der Waals surface area contributed by atoms with E-state index >= 15 is 0 Å². The molecule has 43 heavy (non-hydrogen) atoms. The number of ether oxygens (including phenoxy) is 3. The molecule has 2 fully saturated rings. The van der Waals surface area contributed by atoms with Crippen LogP contribution in [-0.4, -0.2) is 47.4 Å². The summed E-state index contributed by atoms with van der Waals surface area (Å²) in [6, 6.07) is 2.59. The molecule has 0 bridgehead atoms. The van der Waals surface area contributed by atoms with Crippen LogP contribution in [-0.2, 0) is 47.8 Å². The highest BCUT2D eigenvalue weighted by atomic mass is 32.2. The Hall–Kier alpha value is -1.72. The Balaban J connectivity index is 1.59. The lowest BCUT2D eigenvalue weighted by Crippen LogP contribution is -2.39. The van der Waals surface area contributed by atoms with Crippen LogP contribution in [0.3, 0.4) is 0 Å². The molecule has 2 aromatic heterocycles. The van der Waals surface area contributed by atoms with Crippen molar-refractivity contribution in [3.05, 3.63) is 57.7 Å². The molecule has 10 heteroatoms. The van der Waals surface area contributed by atoms with Crippen molar-refractivity contribution in [1.29, 1.82) is 0 Å². The van der Waals surface area contributed by atoms with Gasteiger partial charge >= 0.3 is 6.18 Å². The van der Waals surface area contributed by atoms with Gasteiger partial charge in [0.05, 0.1) is 22.6 Å². The molecule has 6 nitrogen and oxygen atoms in total. The van der Waals surface area contributed by atoms with Gasteiger partial charge in [-0.25, -0.2) is 0 Å². The largest absolute Gasteiger partial charge is 0.417 e. The van der Waals surface area contributed by atoms with Crippen molar-refractivity contribution in [2.24, 2.45) is 5.41 Å². The average Bonchev–Trinajstić information content (AvgIpc) is 3.25. The van der Waals surface area contributed by atoms with Crippen LogP contribution in [0.2, 0.25) is 0 Å². The summed E-state index contributed by atoms with van der Waals surface area (Å²) in [5, 5.41) is 0. The fourth-order valence-electron chi connectivity index (χ4n) is 7.08. The van der Waals surface area contributed by atoms with E-state index in [1.807, 2.05) is 0 Å². The number of aromatic nitrogens is 2. The zero-order valence-corrected chi connectivity index (χ0v) is 26.9. The van der Waals surface area contributed by atoms with Gasteiger partial charge in [-0.3, -0.25) is 9.97 Å². The van der Waals surface area contributed by atoms with Crippen molar-refractivity contribution in [3.8, 4) is 0 Å². The van der Waals surface area contributed by atoms with Crippen molar-refractivity contribution in [1.82, 2.24) is 9.97 Å². The third kappa shape index (κ3) is 5.99. The summed E-state index contributed by atoms with van der Waals surface area (Å²) in [7, 11) is 0. The third-order valence-electron chi connectivity index (χ3n) is 9.56. The molecule has 236 valence electrons. The van der Waals surface area contributed by atoms with Crippen LogP contribution >= 0.6 is 0 Å². The first kappa shape index (κ1) is 31.3. The first-order valence-corrected chi connectivity index (χ1v) is 17.0. The predicted molar refractivity (Wildman–Crippen MR) is 160 cm³/mol. The van der Waals surface area contributed by atoms with E-state index in [2.05, 4.69) is 45.9 Å². The minimum atomic E-state index is -4.46. The highest BCUT2D eigenvalue weighted by molar-refractivity contribution is 7.93. The molecule has 0 amide bonds. The molecule has 2 saturated heterocycles. The Morgan fingerprint density at radius 3 is 2.26 bits per heavy atom. The maximum Gasteiger partial charge on any atom is 0.417 e. The van der Waals surface area contributed by atoms with E-state index in [0.717, 1.165) is 66.0 Å². The lowest BCUT2D eigenvalue weighted by atomic mass is 9.69. The second-order valence-corrected chi connectivity index (χ2v) is 16.6. The SMILES string of the molecule is C[S+](O[C@H]1CC(C)(C)Cc2nc(C3CCOCC3)c3c(c21)C1(CCOCC1)O[C@@H]3c1ccc(C(F)(F)F)cn1)C(C)(C)C. The van der Waals surface area contributed by atoms with Crippen molar-refractivity contribution < 1.29 is 31.6 Å². The predicted octanol–water partition coefficient (Wildman–Crippen LogP) is 7.51. The molecular formula is C33H44F3N2O4S+. The van der Waals surface area contributed by atoms with Crippen LogP contribution in [0, 0.1) is 5.41 Å². The highest BCUT2D eigenvalue weighted by Crippen LogP contribution is 2.58. The van der Waals surface area contributed by atoms with Gasteiger partial charge in [-0.2, -0.15) is 17.4 Å². The van der Waals surface area contributed by atoms with E-state index < -0.39 is 23.4 Å². The quantitative estimate of drug-likeness (QED) is 0.330. The zero-order chi connectivity index (χ0) is 30.8. The van der Waals surface area contributed by atoms with Crippen LogP contribution < -0.4 is 0 Å². The Morgan fingerprint density at radius 1 is 0.977 bits per heavy atom. The third-order valence-corrected chi connectivity index (χ3v) is 11.8. The number of nitrogens with zero attached hydrogens (tertiary/aromatic N) is 2. The van der Waals surface area contributed by atoms with E-state index in [0.29, 0.717) is 45.0 Å². The second-order valence-electron chi connectivity index (χ2n) is 14.3. The summed E-state index contributed by atoms with van der Waals surface area (Å²) >= 11 is -0.333. The molecule has 3 atom stereocenters. The van der Waals surface area contributed by atoms with Gasteiger partial charge in [0.15, 0.2) is 4.75 Å². The molecule has 5 heterocycles. The Bertz CT molecular complexity index is 1330. The first-order valence-electron chi connectivity index (χ1n) is 15.5. The van der Waals surface area contributed by atoms with Gasteiger partial charge in [-0.15, -0.1) is 0 Å². The van der Waals surface area contributed by atoms with Gasteiger partial charge in [0.2, 0.25) is 0 Å². The molecule has 0 aromatic carbocycles. The molecule has 0 N–H and O–H groups in total. The molecule has 3 aliphatic heterocycles. The van der Waals surface area contributed by atoms with E-state index in [9.17, 15) is 13.2 Å². The lowest BCUT2D eigenvalue weighted by molar-refractivity contribution is -0.138. The van der Waals surface area contributed by atoms with Crippen LogP contribution in [0.1, 0.15) is 124 Å². The van der Waals surface area contributed by atoms with Crippen molar-refractivity contribution >= 4 is 11.2 Å². The van der Waals surface area contributed by atoms with Gasteiger partial charge < -0.3 is 14.2 Å². The monoisotopic (exact) mass is 621 g/mol. The topological polar surface area (TPSA) is 62.7 Å². The smallest absolute Gasteiger partial charge is 0.381 e. The summed E-state index contributed by atoms with van der Waals surface area (Å²) in [6.45, 7) is 13.6. The standard InChI is InChI=1S/C33H44F3N2O4S/c1-30(2,3)43(6)42-24-18-31(4,5)17-23-25(24)27-26(28(38-23)20-9-13-39-14-10-20)29(41-32(27)11-15-40-16-12-32)22-8-7-21(19-37-22)33(34,35)36/h7-8,19-20,24,29H,9-18H2,1-6H3/q+1/t24-,29+,43?/m0/s1. The Labute approximate surface area is 256 Å². The lowest BCUT2D eigenvalue weighted by Gasteiger charge is -2.41. The molecule has 0 radical (unpaired) electrons. The average molecular weight is 622 g/mol. The Morgan fingerprint density at radius 2 is 1.65 bits per heavy atom. The summed E-state index contributed by atoms with van der Waals surface area (Å²) in [6.07, 6.45) is 2.53. The van der Waals surface area contributed by atoms with Crippen LogP contribution in [0.5, 0.6) is 0 Å². The second kappa shape index (κ2) is 11.3. The molecule has 4 aliphatic rings. The number of rotatable bonds is 4. The Kier molecular flexibility index (Phi) is 8.19. The number of hydrogen-bond donors (Lipinski definition) is 0. The van der Waals surface area contributed by atoms with Crippen LogP contribution in [0.4, 0.5) is 13.2 Å². The molecule has 1 spiro atoms. The number of fused-ring (bicyclic) bond motifs is 4. The summed E-state index contributed by atoms with van der Waals surface area (Å²) in [5.41, 5.74) is 4.38. The van der Waals surface area contributed by atoms with Gasteiger partial charge in [-0.05, 0) is 69.6 Å². The minimum absolute atomic E-state index is 0.00931. The molecule has 0 saturated carbocycles. The normalized spacial score (nSPS) is 26.3. The summed E-state index contributed by atoms with van der Waals surface area (Å²) < 4.78 is 66.1. The summed E-state index contributed by atoms with van der Waals surface area (Å²) in [5.74, 6) is 0.170. The van der Waals surface area contributed by atoms with Gasteiger partial charge in [0, 0.05) is 68.2 Å². The van der Waals surface area contributed by atoms with Gasteiger partial charge in [0.1, 0.15) is 29.6 Å². The molecular weight excluding hydrogens is 577 g/mol. The van der Waals surface area contributed by atoms with Gasteiger partial charge in [0.25, 0.3) is 0 Å². The van der Waals surface area contributed by atoms with E-state index in [1.165, 1.54) is 6.07 Å². The number of halogens is 3. The fourth-order valence-corrected chi connectivity index (χ4v) is 7.88. The minimum Gasteiger partial charge on any atom is -0.381 e. The fraction of sp³-hybridized carbons (Fsp3) is 0.697. The number of hydrogen-bond acceptors (Lipinski definition) is 6. The van der Waals surface area contributed by atoms with E-state index in [1.54, 1.807) is 0 Å². The van der Waals surface area contributed by atoms with Crippen molar-refractivity contribution in [3.63, 3.8) is 0 Å². The zero-order valence-electron chi connectivity index (χ0n) is 26.1. The van der Waals surface area contributed by atoms with Gasteiger partial charge in [-0.1, -0.05) is 13.8 Å². The molecule has 2 aromatic rings. The van der Waals surface area contributed by atoms with Crippen LogP contribution in [0.15, 0.2) is 18.3 Å².